The molecule has 3 N–H and O–H groups in total. The van der Waals surface area contributed by atoms with Gasteiger partial charge in [-0.15, -0.1) is 0 Å². The maximum absolute atomic E-state index is 13.0. The number of esters is 4. The highest BCUT2D eigenvalue weighted by molar-refractivity contribution is 7.47. The number of aliphatic hydroxyl groups is 1. The molecule has 0 bridgehead atoms. The van der Waals surface area contributed by atoms with E-state index < -0.39 is 97.5 Å². The van der Waals surface area contributed by atoms with Crippen molar-refractivity contribution < 1.29 is 80.2 Å². The lowest BCUT2D eigenvalue weighted by Gasteiger charge is -2.21. The van der Waals surface area contributed by atoms with Gasteiger partial charge in [0, 0.05) is 25.7 Å². The zero-order chi connectivity index (χ0) is 66.8. The number of ether oxygens (including phenoxy) is 4. The Kier molecular flexibility index (Phi) is 59.4. The van der Waals surface area contributed by atoms with Crippen LogP contribution in [0.2, 0.25) is 0 Å². The van der Waals surface area contributed by atoms with Crippen molar-refractivity contribution >= 4 is 39.5 Å². The number of phosphoric ester groups is 2. The van der Waals surface area contributed by atoms with E-state index in [1.54, 1.807) is 0 Å². The van der Waals surface area contributed by atoms with Crippen LogP contribution in [0.1, 0.15) is 351 Å². The van der Waals surface area contributed by atoms with Gasteiger partial charge in [-0.25, -0.2) is 9.13 Å². The van der Waals surface area contributed by atoms with Crippen molar-refractivity contribution in [2.75, 3.05) is 39.6 Å². The van der Waals surface area contributed by atoms with Crippen molar-refractivity contribution in [2.24, 2.45) is 23.7 Å². The molecular formula is C71H138O17P2. The molecule has 0 radical (unpaired) electrons. The quantitative estimate of drug-likeness (QED) is 0.0222. The van der Waals surface area contributed by atoms with Gasteiger partial charge in [-0.2, -0.15) is 0 Å². The van der Waals surface area contributed by atoms with E-state index in [1.165, 1.54) is 148 Å². The lowest BCUT2D eigenvalue weighted by atomic mass is 10.00. The first-order valence-electron chi connectivity index (χ1n) is 36.7. The molecular weight excluding hydrogens is 1190 g/mol. The van der Waals surface area contributed by atoms with Gasteiger partial charge in [0.25, 0.3) is 0 Å². The van der Waals surface area contributed by atoms with Crippen molar-refractivity contribution in [3.05, 3.63) is 0 Å². The summed E-state index contributed by atoms with van der Waals surface area (Å²) in [5.41, 5.74) is 0. The van der Waals surface area contributed by atoms with Crippen LogP contribution in [0.25, 0.3) is 0 Å². The Morgan fingerprint density at radius 2 is 0.533 bits per heavy atom. The predicted octanol–water partition coefficient (Wildman–Crippen LogP) is 20.1. The van der Waals surface area contributed by atoms with E-state index in [0.717, 1.165) is 120 Å². The molecule has 17 nitrogen and oxygen atoms in total. The summed E-state index contributed by atoms with van der Waals surface area (Å²) in [4.78, 5) is 72.6. The van der Waals surface area contributed by atoms with Crippen LogP contribution in [0.5, 0.6) is 0 Å². The molecule has 0 aromatic heterocycles. The minimum Gasteiger partial charge on any atom is -0.462 e. The van der Waals surface area contributed by atoms with Crippen molar-refractivity contribution in [3.63, 3.8) is 0 Å². The highest BCUT2D eigenvalue weighted by Gasteiger charge is 2.30. The van der Waals surface area contributed by atoms with Gasteiger partial charge in [0.05, 0.1) is 26.4 Å². The van der Waals surface area contributed by atoms with Crippen molar-refractivity contribution in [2.45, 2.75) is 369 Å². The van der Waals surface area contributed by atoms with Crippen molar-refractivity contribution in [1.82, 2.24) is 0 Å². The van der Waals surface area contributed by atoms with Crippen molar-refractivity contribution in [3.8, 4) is 0 Å². The summed E-state index contributed by atoms with van der Waals surface area (Å²) in [7, 11) is -9.90. The maximum atomic E-state index is 13.0. The summed E-state index contributed by atoms with van der Waals surface area (Å²) >= 11 is 0. The minimum atomic E-state index is -4.95. The molecule has 0 amide bonds. The normalized spacial score (nSPS) is 14.6. The molecule has 0 aromatic rings. The topological polar surface area (TPSA) is 237 Å². The first-order chi connectivity index (χ1) is 43.1. The Morgan fingerprint density at radius 1 is 0.311 bits per heavy atom. The molecule has 90 heavy (non-hydrogen) atoms. The third kappa shape index (κ3) is 63.5. The zero-order valence-electron chi connectivity index (χ0n) is 58.8. The summed E-state index contributed by atoms with van der Waals surface area (Å²) < 4.78 is 68.3. The second kappa shape index (κ2) is 60.7. The largest absolute Gasteiger partial charge is 0.472 e. The number of phosphoric acid groups is 2. The lowest BCUT2D eigenvalue weighted by Crippen LogP contribution is -2.30. The summed E-state index contributed by atoms with van der Waals surface area (Å²) in [5.74, 6) is 0.858. The van der Waals surface area contributed by atoms with Crippen LogP contribution in [0.3, 0.4) is 0 Å². The van der Waals surface area contributed by atoms with E-state index >= 15 is 0 Å². The van der Waals surface area contributed by atoms with Crippen LogP contribution < -0.4 is 0 Å². The van der Waals surface area contributed by atoms with Crippen LogP contribution in [0, 0.1) is 23.7 Å². The van der Waals surface area contributed by atoms with E-state index in [-0.39, 0.29) is 25.7 Å². The van der Waals surface area contributed by atoms with Crippen LogP contribution in [0.15, 0.2) is 0 Å². The molecule has 3 unspecified atom stereocenters. The van der Waals surface area contributed by atoms with Gasteiger partial charge >= 0.3 is 39.5 Å². The lowest BCUT2D eigenvalue weighted by molar-refractivity contribution is -0.161. The van der Waals surface area contributed by atoms with E-state index in [0.29, 0.717) is 25.7 Å². The number of carbonyl (C=O) groups excluding carboxylic acids is 4. The molecule has 0 aliphatic rings. The Balaban J connectivity index is 5.24. The molecule has 0 heterocycles. The molecule has 0 aliphatic heterocycles. The van der Waals surface area contributed by atoms with Crippen LogP contribution in [-0.2, 0) is 65.4 Å². The maximum Gasteiger partial charge on any atom is 0.472 e. The zero-order valence-corrected chi connectivity index (χ0v) is 60.6. The fourth-order valence-electron chi connectivity index (χ4n) is 10.6. The highest BCUT2D eigenvalue weighted by Crippen LogP contribution is 2.45. The van der Waals surface area contributed by atoms with E-state index in [1.807, 2.05) is 0 Å². The fourth-order valence-corrected chi connectivity index (χ4v) is 12.2. The molecule has 19 heteroatoms. The Hall–Kier alpha value is -1.94. The van der Waals surface area contributed by atoms with Crippen molar-refractivity contribution in [1.29, 1.82) is 0 Å². The summed E-state index contributed by atoms with van der Waals surface area (Å²) in [5, 5.41) is 10.6. The smallest absolute Gasteiger partial charge is 0.462 e. The molecule has 0 aliphatic carbocycles. The number of rotatable bonds is 68. The van der Waals surface area contributed by atoms with Gasteiger partial charge in [-0.3, -0.25) is 37.3 Å². The summed E-state index contributed by atoms with van der Waals surface area (Å²) in [6.45, 7) is 14.1. The average molecular weight is 1330 g/mol. The van der Waals surface area contributed by atoms with Gasteiger partial charge in [-0.1, -0.05) is 299 Å². The van der Waals surface area contributed by atoms with Crippen LogP contribution >= 0.6 is 15.6 Å². The summed E-state index contributed by atoms with van der Waals surface area (Å²) in [6.07, 6.45) is 43.1. The van der Waals surface area contributed by atoms with Gasteiger partial charge in [0.15, 0.2) is 12.2 Å². The fraction of sp³-hybridized carbons (Fsp3) is 0.944. The number of unbranched alkanes of at least 4 members (excludes halogenated alkanes) is 33. The molecule has 0 saturated heterocycles. The Bertz CT molecular complexity index is 1780. The molecule has 0 aromatic carbocycles. The molecule has 0 rings (SSSR count). The second-order valence-electron chi connectivity index (χ2n) is 27.3. The predicted molar refractivity (Wildman–Crippen MR) is 363 cm³/mol. The van der Waals surface area contributed by atoms with E-state index in [4.69, 9.17) is 37.0 Å². The second-order valence-corrected chi connectivity index (χ2v) is 30.2. The van der Waals surface area contributed by atoms with Gasteiger partial charge in [-0.05, 0) is 49.4 Å². The summed E-state index contributed by atoms with van der Waals surface area (Å²) in [6, 6.07) is 0. The first kappa shape index (κ1) is 88.1. The number of hydrogen-bond acceptors (Lipinski definition) is 15. The van der Waals surface area contributed by atoms with Gasteiger partial charge in [0.1, 0.15) is 19.3 Å². The van der Waals surface area contributed by atoms with Crippen LogP contribution in [-0.4, -0.2) is 96.7 Å². The molecule has 0 spiro atoms. The Morgan fingerprint density at radius 3 is 0.789 bits per heavy atom. The SMILES string of the molecule is CCC(C)CCCCCCCCC(=O)OC[C@H](COP(=O)(O)OC[C@H](O)COP(=O)(O)OC[C@@H](COC(=O)CCCCCCCCCCCC(C)C)OC(=O)CCCCCCCCCCC(C)C)OC(=O)CCCCCCCCCCCCCCCCC(C)C. The molecule has 534 valence electrons. The van der Waals surface area contributed by atoms with Gasteiger partial charge in [0.2, 0.25) is 0 Å². The number of aliphatic hydroxyl groups excluding tert-OH is 1. The monoisotopic (exact) mass is 1320 g/mol. The van der Waals surface area contributed by atoms with Crippen LogP contribution in [0.4, 0.5) is 0 Å². The highest BCUT2D eigenvalue weighted by atomic mass is 31.2. The third-order valence-corrected chi connectivity index (χ3v) is 18.6. The average Bonchev–Trinajstić information content (AvgIpc) is 3.29. The first-order valence-corrected chi connectivity index (χ1v) is 39.7. The number of carbonyl (C=O) groups is 4. The minimum absolute atomic E-state index is 0.104. The Labute approximate surface area is 549 Å². The molecule has 0 saturated carbocycles. The third-order valence-electron chi connectivity index (χ3n) is 16.7. The number of hydrogen-bond donors (Lipinski definition) is 3. The molecule has 6 atom stereocenters. The van der Waals surface area contributed by atoms with E-state index in [9.17, 15) is 43.2 Å². The molecule has 0 fully saturated rings. The standard InChI is InChI=1S/C71H138O17P2/c1-9-64(8)50-42-34-29-30-36-44-52-69(74)82-58-67(87-70(75)53-45-37-27-19-15-13-11-10-12-14-17-23-31-39-47-61(2)3)60-86-90(79,80)84-56-65(72)55-83-89(77,78)85-59-66(88-71(76)54-46-38-28-22-21-25-33-41-49-63(6)7)57-81-68(73)51-43-35-26-20-16-18-24-32-40-48-62(4)5/h61-67,72H,9-60H2,1-8H3,(H,77,78)(H,79,80)/t64?,65-,66-,67-/m1/s1. The van der Waals surface area contributed by atoms with Gasteiger partial charge < -0.3 is 33.8 Å². The van der Waals surface area contributed by atoms with E-state index in [2.05, 4.69) is 55.4 Å².